The van der Waals surface area contributed by atoms with Crippen molar-refractivity contribution < 1.29 is 24.2 Å². The Balaban J connectivity index is 1.75. The number of carbonyl (C=O) groups is 2. The van der Waals surface area contributed by atoms with Gasteiger partial charge in [0.2, 0.25) is 0 Å². The number of thioether (sulfide) groups is 1. The van der Waals surface area contributed by atoms with E-state index in [0.29, 0.717) is 16.4 Å². The second kappa shape index (κ2) is 7.96. The Morgan fingerprint density at radius 2 is 2.07 bits per heavy atom. The molecule has 0 radical (unpaired) electrons. The lowest BCUT2D eigenvalue weighted by Crippen LogP contribution is -2.01. The van der Waals surface area contributed by atoms with Crippen LogP contribution >= 0.6 is 11.8 Å². The van der Waals surface area contributed by atoms with Crippen LogP contribution in [0.5, 0.6) is 11.5 Å². The molecule has 2 aromatic carbocycles. The summed E-state index contributed by atoms with van der Waals surface area (Å²) in [6, 6.07) is 11.8. The highest BCUT2D eigenvalue weighted by Gasteiger charge is 2.19. The van der Waals surface area contributed by atoms with E-state index < -0.39 is 5.97 Å². The first-order chi connectivity index (χ1) is 13.0. The average molecular weight is 384 g/mol. The molecule has 1 heterocycles. The van der Waals surface area contributed by atoms with Gasteiger partial charge < -0.3 is 20.3 Å². The SMILES string of the molecule is COc1cc(/C=C2/SC(N)=NC2=O)ccc1OCc1cccc(C(=O)O)c1. The van der Waals surface area contributed by atoms with Crippen molar-refractivity contribution in [1.29, 1.82) is 0 Å². The lowest BCUT2D eigenvalue weighted by molar-refractivity contribution is -0.113. The number of carboxylic acid groups (broad SMARTS) is 1. The molecule has 138 valence electrons. The Morgan fingerprint density at radius 3 is 2.74 bits per heavy atom. The minimum absolute atomic E-state index is 0.191. The Bertz CT molecular complexity index is 968. The van der Waals surface area contributed by atoms with Gasteiger partial charge in [0.1, 0.15) is 6.61 Å². The topological polar surface area (TPSA) is 111 Å². The summed E-state index contributed by atoms with van der Waals surface area (Å²) < 4.78 is 11.1. The molecule has 0 spiro atoms. The lowest BCUT2D eigenvalue weighted by Gasteiger charge is -2.12. The Hall–Kier alpha value is -3.26. The molecule has 7 nitrogen and oxygen atoms in total. The monoisotopic (exact) mass is 384 g/mol. The maximum Gasteiger partial charge on any atom is 0.335 e. The second-order valence-electron chi connectivity index (χ2n) is 5.57. The normalized spacial score (nSPS) is 14.9. The van der Waals surface area contributed by atoms with Gasteiger partial charge in [-0.15, -0.1) is 0 Å². The van der Waals surface area contributed by atoms with E-state index in [2.05, 4.69) is 4.99 Å². The van der Waals surface area contributed by atoms with Crippen molar-refractivity contribution in [3.8, 4) is 11.5 Å². The number of amidine groups is 1. The molecule has 1 aliphatic heterocycles. The summed E-state index contributed by atoms with van der Waals surface area (Å²) >= 11 is 1.12. The molecule has 0 aromatic heterocycles. The van der Waals surface area contributed by atoms with E-state index in [0.717, 1.165) is 22.9 Å². The van der Waals surface area contributed by atoms with E-state index in [9.17, 15) is 9.59 Å². The van der Waals surface area contributed by atoms with Gasteiger partial charge in [0.25, 0.3) is 5.91 Å². The number of hydrogen-bond acceptors (Lipinski definition) is 6. The number of ether oxygens (including phenoxy) is 2. The first-order valence-corrected chi connectivity index (χ1v) is 8.69. The van der Waals surface area contributed by atoms with Gasteiger partial charge in [0.05, 0.1) is 17.6 Å². The second-order valence-corrected chi connectivity index (χ2v) is 6.63. The summed E-state index contributed by atoms with van der Waals surface area (Å²) in [7, 11) is 1.51. The molecule has 3 rings (SSSR count). The molecular weight excluding hydrogens is 368 g/mol. The Morgan fingerprint density at radius 1 is 1.26 bits per heavy atom. The number of amides is 1. The van der Waals surface area contributed by atoms with Gasteiger partial charge in [0, 0.05) is 0 Å². The number of carbonyl (C=O) groups excluding carboxylic acids is 1. The van der Waals surface area contributed by atoms with Crippen molar-refractivity contribution in [1.82, 2.24) is 0 Å². The first kappa shape index (κ1) is 18.5. The summed E-state index contributed by atoms with van der Waals surface area (Å²) in [4.78, 5) is 26.8. The summed E-state index contributed by atoms with van der Waals surface area (Å²) in [5, 5.41) is 9.28. The lowest BCUT2D eigenvalue weighted by atomic mass is 10.1. The van der Waals surface area contributed by atoms with Crippen molar-refractivity contribution in [3.05, 3.63) is 64.1 Å². The molecular formula is C19H16N2O5S. The standard InChI is InChI=1S/C19H16N2O5S/c1-25-15-8-11(9-16-17(22)21-19(20)27-16)5-6-14(15)26-10-12-3-2-4-13(7-12)18(23)24/h2-9H,10H2,1H3,(H,23,24)(H2,20,21,22)/b16-9+. The maximum atomic E-state index is 11.7. The van der Waals surface area contributed by atoms with Gasteiger partial charge in [-0.1, -0.05) is 18.2 Å². The van der Waals surface area contributed by atoms with E-state index in [1.807, 2.05) is 0 Å². The largest absolute Gasteiger partial charge is 0.493 e. The van der Waals surface area contributed by atoms with Gasteiger partial charge in [-0.25, -0.2) is 4.79 Å². The van der Waals surface area contributed by atoms with E-state index in [1.54, 1.807) is 42.5 Å². The molecule has 0 unspecified atom stereocenters. The van der Waals surface area contributed by atoms with Crippen LogP contribution in [-0.2, 0) is 11.4 Å². The smallest absolute Gasteiger partial charge is 0.335 e. The highest BCUT2D eigenvalue weighted by atomic mass is 32.2. The molecule has 1 aliphatic rings. The number of hydrogen-bond donors (Lipinski definition) is 2. The number of carboxylic acids is 1. The van der Waals surface area contributed by atoms with Crippen molar-refractivity contribution in [2.45, 2.75) is 6.61 Å². The fraction of sp³-hybridized carbons (Fsp3) is 0.105. The molecule has 0 bridgehead atoms. The van der Waals surface area contributed by atoms with Crippen LogP contribution in [-0.4, -0.2) is 29.3 Å². The molecule has 8 heteroatoms. The summed E-state index contributed by atoms with van der Waals surface area (Å²) in [6.07, 6.45) is 1.68. The third-order valence-corrected chi connectivity index (χ3v) is 4.50. The maximum absolute atomic E-state index is 11.7. The van der Waals surface area contributed by atoms with Crippen LogP contribution in [0.4, 0.5) is 0 Å². The Kier molecular flexibility index (Phi) is 5.46. The fourth-order valence-corrected chi connectivity index (χ4v) is 3.11. The number of benzene rings is 2. The minimum atomic E-state index is -0.990. The number of nitrogens with two attached hydrogens (primary N) is 1. The van der Waals surface area contributed by atoms with E-state index in [1.165, 1.54) is 13.2 Å². The van der Waals surface area contributed by atoms with E-state index >= 15 is 0 Å². The summed E-state index contributed by atoms with van der Waals surface area (Å²) in [5.41, 5.74) is 7.21. The summed E-state index contributed by atoms with van der Waals surface area (Å²) in [6.45, 7) is 0.191. The van der Waals surface area contributed by atoms with Crippen LogP contribution < -0.4 is 15.2 Å². The number of methoxy groups -OCH3 is 1. The predicted molar refractivity (Wildman–Crippen MR) is 103 cm³/mol. The van der Waals surface area contributed by atoms with Gasteiger partial charge >= 0.3 is 5.97 Å². The molecule has 0 aliphatic carbocycles. The molecule has 0 saturated carbocycles. The van der Waals surface area contributed by atoms with Gasteiger partial charge in [-0.2, -0.15) is 4.99 Å². The third-order valence-electron chi connectivity index (χ3n) is 3.69. The van der Waals surface area contributed by atoms with Crippen LogP contribution in [0.1, 0.15) is 21.5 Å². The number of aromatic carboxylic acids is 1. The van der Waals surface area contributed by atoms with Crippen LogP contribution in [0.15, 0.2) is 52.4 Å². The van der Waals surface area contributed by atoms with Crippen LogP contribution in [0.2, 0.25) is 0 Å². The predicted octanol–water partition coefficient (Wildman–Crippen LogP) is 2.90. The quantitative estimate of drug-likeness (QED) is 0.737. The van der Waals surface area contributed by atoms with Crippen LogP contribution in [0.3, 0.4) is 0 Å². The fourth-order valence-electron chi connectivity index (χ4n) is 2.43. The van der Waals surface area contributed by atoms with Crippen LogP contribution in [0.25, 0.3) is 6.08 Å². The molecule has 0 saturated heterocycles. The zero-order valence-electron chi connectivity index (χ0n) is 14.3. The van der Waals surface area contributed by atoms with Gasteiger partial charge in [-0.3, -0.25) is 4.79 Å². The van der Waals surface area contributed by atoms with E-state index in [4.69, 9.17) is 20.3 Å². The zero-order valence-corrected chi connectivity index (χ0v) is 15.2. The molecule has 1 amide bonds. The van der Waals surface area contributed by atoms with Crippen molar-refractivity contribution in [2.24, 2.45) is 10.7 Å². The average Bonchev–Trinajstić information content (AvgIpc) is 2.97. The zero-order chi connectivity index (χ0) is 19.4. The van der Waals surface area contributed by atoms with Gasteiger partial charge in [0.15, 0.2) is 16.7 Å². The number of nitrogens with zero attached hydrogens (tertiary/aromatic N) is 1. The third kappa shape index (κ3) is 4.48. The molecule has 0 fully saturated rings. The van der Waals surface area contributed by atoms with Gasteiger partial charge in [-0.05, 0) is 53.2 Å². The van der Waals surface area contributed by atoms with Crippen molar-refractivity contribution >= 4 is 34.9 Å². The van der Waals surface area contributed by atoms with Crippen molar-refractivity contribution in [3.63, 3.8) is 0 Å². The highest BCUT2D eigenvalue weighted by Crippen LogP contribution is 2.32. The molecule has 2 aromatic rings. The molecule has 3 N–H and O–H groups in total. The van der Waals surface area contributed by atoms with Crippen LogP contribution in [0, 0.1) is 0 Å². The van der Waals surface area contributed by atoms with E-state index in [-0.39, 0.29) is 23.2 Å². The van der Waals surface area contributed by atoms with Crippen molar-refractivity contribution in [2.75, 3.05) is 7.11 Å². The molecule has 27 heavy (non-hydrogen) atoms. The Labute approximate surface area is 159 Å². The number of aliphatic imine (C=N–C) groups is 1. The highest BCUT2D eigenvalue weighted by molar-refractivity contribution is 8.18. The minimum Gasteiger partial charge on any atom is -0.493 e. The summed E-state index contributed by atoms with van der Waals surface area (Å²) in [5.74, 6) is -0.365. The number of rotatable bonds is 6. The molecule has 0 atom stereocenters. The first-order valence-electron chi connectivity index (χ1n) is 7.87.